The van der Waals surface area contributed by atoms with Crippen molar-refractivity contribution in [3.05, 3.63) is 0 Å². The van der Waals surface area contributed by atoms with Crippen LogP contribution < -0.4 is 5.32 Å². The molecular weight excluding hydrogens is 186 g/mol. The number of nitrogens with one attached hydrogen (secondary N) is 1. The highest BCUT2D eigenvalue weighted by molar-refractivity contribution is 4.88. The van der Waals surface area contributed by atoms with E-state index in [2.05, 4.69) is 42.8 Å². The van der Waals surface area contributed by atoms with Crippen molar-refractivity contribution in [1.29, 1.82) is 0 Å². The summed E-state index contributed by atoms with van der Waals surface area (Å²) in [7, 11) is 0. The first-order chi connectivity index (χ1) is 7.10. The van der Waals surface area contributed by atoms with Gasteiger partial charge in [0, 0.05) is 38.3 Å². The Hall–Kier alpha value is -0.120. The SMILES string of the molecule is CCN(CC)CCN1CCNCC1(C)C. The Morgan fingerprint density at radius 2 is 1.93 bits per heavy atom. The van der Waals surface area contributed by atoms with Crippen LogP contribution in [0.25, 0.3) is 0 Å². The molecule has 1 aliphatic heterocycles. The number of piperazine rings is 1. The fraction of sp³-hybridized carbons (Fsp3) is 1.00. The van der Waals surface area contributed by atoms with Gasteiger partial charge in [-0.25, -0.2) is 0 Å². The Labute approximate surface area is 94.8 Å². The van der Waals surface area contributed by atoms with Crippen molar-refractivity contribution in [3.63, 3.8) is 0 Å². The minimum atomic E-state index is 0.325. The second kappa shape index (κ2) is 5.83. The zero-order valence-electron chi connectivity index (χ0n) is 10.8. The van der Waals surface area contributed by atoms with Crippen LogP contribution in [0.5, 0.6) is 0 Å². The van der Waals surface area contributed by atoms with Crippen molar-refractivity contribution >= 4 is 0 Å². The second-order valence-corrected chi connectivity index (χ2v) is 5.00. The number of nitrogens with zero attached hydrogens (tertiary/aromatic N) is 2. The van der Waals surface area contributed by atoms with Gasteiger partial charge in [0.05, 0.1) is 0 Å². The molecule has 1 rings (SSSR count). The smallest absolute Gasteiger partial charge is 0.0278 e. The summed E-state index contributed by atoms with van der Waals surface area (Å²) >= 11 is 0. The lowest BCUT2D eigenvalue weighted by atomic mass is 10.0. The summed E-state index contributed by atoms with van der Waals surface area (Å²) in [5.74, 6) is 0. The van der Waals surface area contributed by atoms with E-state index in [1.807, 2.05) is 0 Å². The Kier molecular flexibility index (Phi) is 5.03. The maximum absolute atomic E-state index is 3.47. The molecular formula is C12H27N3. The first kappa shape index (κ1) is 12.9. The van der Waals surface area contributed by atoms with Crippen LogP contribution >= 0.6 is 0 Å². The molecule has 1 heterocycles. The molecule has 0 aromatic carbocycles. The predicted octanol–water partition coefficient (Wildman–Crippen LogP) is 1.01. The molecule has 0 unspecified atom stereocenters. The first-order valence-corrected chi connectivity index (χ1v) is 6.28. The van der Waals surface area contributed by atoms with E-state index in [0.717, 1.165) is 13.1 Å². The number of hydrogen-bond acceptors (Lipinski definition) is 3. The number of hydrogen-bond donors (Lipinski definition) is 1. The van der Waals surface area contributed by atoms with Crippen LogP contribution in [0, 0.1) is 0 Å². The van der Waals surface area contributed by atoms with Gasteiger partial charge in [0.25, 0.3) is 0 Å². The monoisotopic (exact) mass is 213 g/mol. The molecule has 1 N–H and O–H groups in total. The van der Waals surface area contributed by atoms with Gasteiger partial charge in [0.2, 0.25) is 0 Å². The third-order valence-electron chi connectivity index (χ3n) is 3.55. The third-order valence-corrected chi connectivity index (χ3v) is 3.55. The summed E-state index contributed by atoms with van der Waals surface area (Å²) in [6.07, 6.45) is 0. The maximum Gasteiger partial charge on any atom is 0.0278 e. The molecule has 1 fully saturated rings. The molecule has 0 radical (unpaired) electrons. The molecule has 0 spiro atoms. The van der Waals surface area contributed by atoms with Crippen molar-refractivity contribution in [2.45, 2.75) is 33.2 Å². The highest BCUT2D eigenvalue weighted by Gasteiger charge is 2.28. The van der Waals surface area contributed by atoms with Crippen LogP contribution in [0.2, 0.25) is 0 Å². The van der Waals surface area contributed by atoms with Crippen LogP contribution in [-0.4, -0.2) is 61.2 Å². The Bertz CT molecular complexity index is 176. The molecule has 1 saturated heterocycles. The van der Waals surface area contributed by atoms with Crippen LogP contribution in [-0.2, 0) is 0 Å². The van der Waals surface area contributed by atoms with Crippen molar-refractivity contribution in [3.8, 4) is 0 Å². The normalized spacial score (nSPS) is 22.2. The molecule has 0 aromatic rings. The standard InChI is InChI=1S/C12H27N3/c1-5-14(6-2)9-10-15-8-7-13-11-12(15,3)4/h13H,5-11H2,1-4H3. The average molecular weight is 213 g/mol. The van der Waals surface area contributed by atoms with Gasteiger partial charge in [0.15, 0.2) is 0 Å². The lowest BCUT2D eigenvalue weighted by Crippen LogP contribution is -2.59. The summed E-state index contributed by atoms with van der Waals surface area (Å²) in [6.45, 7) is 17.3. The van der Waals surface area contributed by atoms with E-state index in [9.17, 15) is 0 Å². The predicted molar refractivity (Wildman–Crippen MR) is 66.3 cm³/mol. The zero-order valence-corrected chi connectivity index (χ0v) is 10.8. The van der Waals surface area contributed by atoms with Crippen LogP contribution in [0.3, 0.4) is 0 Å². The van der Waals surface area contributed by atoms with Crippen LogP contribution in [0.15, 0.2) is 0 Å². The molecule has 0 aliphatic carbocycles. The molecule has 90 valence electrons. The third kappa shape index (κ3) is 3.74. The first-order valence-electron chi connectivity index (χ1n) is 6.28. The Morgan fingerprint density at radius 1 is 1.27 bits per heavy atom. The lowest BCUT2D eigenvalue weighted by Gasteiger charge is -2.43. The minimum absolute atomic E-state index is 0.325. The van der Waals surface area contributed by atoms with E-state index in [4.69, 9.17) is 0 Å². The molecule has 0 aromatic heterocycles. The molecule has 0 saturated carbocycles. The molecule has 15 heavy (non-hydrogen) atoms. The summed E-state index contributed by atoms with van der Waals surface area (Å²) < 4.78 is 0. The van der Waals surface area contributed by atoms with Crippen molar-refractivity contribution in [1.82, 2.24) is 15.1 Å². The van der Waals surface area contributed by atoms with Gasteiger partial charge in [-0.1, -0.05) is 13.8 Å². The molecule has 1 aliphatic rings. The minimum Gasteiger partial charge on any atom is -0.314 e. The van der Waals surface area contributed by atoms with Crippen LogP contribution in [0.4, 0.5) is 0 Å². The summed E-state index contributed by atoms with van der Waals surface area (Å²) in [4.78, 5) is 5.11. The van der Waals surface area contributed by atoms with E-state index in [1.165, 1.54) is 32.7 Å². The van der Waals surface area contributed by atoms with Gasteiger partial charge >= 0.3 is 0 Å². The van der Waals surface area contributed by atoms with E-state index in [-0.39, 0.29) is 0 Å². The van der Waals surface area contributed by atoms with E-state index in [1.54, 1.807) is 0 Å². The Balaban J connectivity index is 2.35. The average Bonchev–Trinajstić information content (AvgIpc) is 2.21. The van der Waals surface area contributed by atoms with Gasteiger partial charge in [-0.2, -0.15) is 0 Å². The van der Waals surface area contributed by atoms with E-state index >= 15 is 0 Å². The van der Waals surface area contributed by atoms with Gasteiger partial charge < -0.3 is 10.2 Å². The van der Waals surface area contributed by atoms with Crippen molar-refractivity contribution in [2.24, 2.45) is 0 Å². The summed E-state index contributed by atoms with van der Waals surface area (Å²) in [5.41, 5.74) is 0.325. The van der Waals surface area contributed by atoms with Gasteiger partial charge in [-0.3, -0.25) is 4.90 Å². The zero-order chi connectivity index (χ0) is 11.3. The fourth-order valence-corrected chi connectivity index (χ4v) is 2.24. The molecule has 3 nitrogen and oxygen atoms in total. The van der Waals surface area contributed by atoms with Crippen LogP contribution in [0.1, 0.15) is 27.7 Å². The number of likely N-dealkylation sites (N-methyl/N-ethyl adjacent to an activating group) is 1. The highest BCUT2D eigenvalue weighted by atomic mass is 15.3. The summed E-state index contributed by atoms with van der Waals surface area (Å²) in [5, 5.41) is 3.47. The van der Waals surface area contributed by atoms with Gasteiger partial charge in [-0.05, 0) is 26.9 Å². The Morgan fingerprint density at radius 3 is 2.47 bits per heavy atom. The van der Waals surface area contributed by atoms with Gasteiger partial charge in [-0.15, -0.1) is 0 Å². The van der Waals surface area contributed by atoms with Gasteiger partial charge in [0.1, 0.15) is 0 Å². The maximum atomic E-state index is 3.47. The fourth-order valence-electron chi connectivity index (χ4n) is 2.24. The molecule has 0 bridgehead atoms. The highest BCUT2D eigenvalue weighted by Crippen LogP contribution is 2.15. The molecule has 0 amide bonds. The number of rotatable bonds is 5. The van der Waals surface area contributed by atoms with Crippen molar-refractivity contribution in [2.75, 3.05) is 45.8 Å². The second-order valence-electron chi connectivity index (χ2n) is 5.00. The summed E-state index contributed by atoms with van der Waals surface area (Å²) in [6, 6.07) is 0. The molecule has 3 heteroatoms. The lowest BCUT2D eigenvalue weighted by molar-refractivity contribution is 0.0783. The topological polar surface area (TPSA) is 18.5 Å². The van der Waals surface area contributed by atoms with Crippen molar-refractivity contribution < 1.29 is 0 Å². The largest absolute Gasteiger partial charge is 0.314 e. The van der Waals surface area contributed by atoms with E-state index in [0.29, 0.717) is 5.54 Å². The van der Waals surface area contributed by atoms with E-state index < -0.39 is 0 Å². The quantitative estimate of drug-likeness (QED) is 0.735. The molecule has 0 atom stereocenters.